The van der Waals surface area contributed by atoms with E-state index in [2.05, 4.69) is 34.8 Å². The summed E-state index contributed by atoms with van der Waals surface area (Å²) in [7, 11) is 0. The lowest BCUT2D eigenvalue weighted by Crippen LogP contribution is -2.07. The molecule has 4 heteroatoms. The maximum Gasteiger partial charge on any atom is 0.340 e. The Morgan fingerprint density at radius 3 is 2.73 bits per heavy atom. The van der Waals surface area contributed by atoms with Crippen LogP contribution in [0.25, 0.3) is 0 Å². The molecule has 0 aliphatic rings. The van der Waals surface area contributed by atoms with Crippen molar-refractivity contribution in [2.24, 2.45) is 0 Å². The number of rotatable bonds is 3. The molecule has 1 aromatic rings. The van der Waals surface area contributed by atoms with E-state index in [1.807, 2.05) is 6.07 Å². The smallest absolute Gasteiger partial charge is 0.340 e. The number of carbonyl (C=O) groups is 1. The quantitative estimate of drug-likeness (QED) is 0.793. The van der Waals surface area contributed by atoms with Gasteiger partial charge in [-0.3, -0.25) is 4.98 Å². The number of halogens is 1. The zero-order valence-electron chi connectivity index (χ0n) is 9.08. The van der Waals surface area contributed by atoms with Crippen molar-refractivity contribution in [2.45, 2.75) is 26.7 Å². The predicted octanol–water partition coefficient (Wildman–Crippen LogP) is 3.14. The molecule has 0 saturated heterocycles. The van der Waals surface area contributed by atoms with Gasteiger partial charge in [-0.1, -0.05) is 13.8 Å². The van der Waals surface area contributed by atoms with Crippen LogP contribution in [0.5, 0.6) is 0 Å². The summed E-state index contributed by atoms with van der Waals surface area (Å²) in [4.78, 5) is 15.7. The molecule has 0 bridgehead atoms. The maximum atomic E-state index is 11.5. The van der Waals surface area contributed by atoms with E-state index in [9.17, 15) is 4.79 Å². The zero-order chi connectivity index (χ0) is 11.4. The van der Waals surface area contributed by atoms with Crippen LogP contribution in [0.4, 0.5) is 0 Å². The average Bonchev–Trinajstić information content (AvgIpc) is 2.17. The Morgan fingerprint density at radius 2 is 2.27 bits per heavy atom. The van der Waals surface area contributed by atoms with Crippen molar-refractivity contribution in [3.8, 4) is 0 Å². The molecule has 1 aromatic heterocycles. The Kier molecular flexibility index (Phi) is 4.27. The third-order valence-corrected chi connectivity index (χ3v) is 2.62. The van der Waals surface area contributed by atoms with Gasteiger partial charge in [0.15, 0.2) is 0 Å². The maximum absolute atomic E-state index is 11.5. The van der Waals surface area contributed by atoms with Gasteiger partial charge in [0.2, 0.25) is 0 Å². The van der Waals surface area contributed by atoms with Crippen LogP contribution < -0.4 is 0 Å². The molecule has 0 unspecified atom stereocenters. The Hall–Kier alpha value is -0.900. The molecular formula is C11H14BrNO2. The summed E-state index contributed by atoms with van der Waals surface area (Å²) in [5, 5.41) is 0. The number of ether oxygens (including phenoxy) is 1. The lowest BCUT2D eigenvalue weighted by molar-refractivity contribution is 0.0524. The predicted molar refractivity (Wildman–Crippen MR) is 62.0 cm³/mol. The molecule has 0 radical (unpaired) electrons. The third-order valence-electron chi connectivity index (χ3n) is 1.96. The summed E-state index contributed by atoms with van der Waals surface area (Å²) in [6.07, 6.45) is 1.55. The van der Waals surface area contributed by atoms with E-state index in [1.54, 1.807) is 13.1 Å². The highest BCUT2D eigenvalue weighted by atomic mass is 79.9. The highest BCUT2D eigenvalue weighted by molar-refractivity contribution is 9.10. The van der Waals surface area contributed by atoms with Gasteiger partial charge in [0.25, 0.3) is 0 Å². The van der Waals surface area contributed by atoms with Crippen LogP contribution in [-0.4, -0.2) is 17.6 Å². The molecule has 0 atom stereocenters. The second-order valence-electron chi connectivity index (χ2n) is 3.46. The van der Waals surface area contributed by atoms with Gasteiger partial charge >= 0.3 is 5.97 Å². The number of esters is 1. The highest BCUT2D eigenvalue weighted by Gasteiger charge is 2.13. The summed E-state index contributed by atoms with van der Waals surface area (Å²) in [5.41, 5.74) is 1.43. The van der Waals surface area contributed by atoms with Gasteiger partial charge < -0.3 is 4.74 Å². The minimum absolute atomic E-state index is 0.341. The second-order valence-corrected chi connectivity index (χ2v) is 4.32. The molecular weight excluding hydrogens is 258 g/mol. The molecule has 15 heavy (non-hydrogen) atoms. The van der Waals surface area contributed by atoms with E-state index in [4.69, 9.17) is 4.74 Å². The average molecular weight is 272 g/mol. The van der Waals surface area contributed by atoms with Crippen molar-refractivity contribution in [1.29, 1.82) is 0 Å². The van der Waals surface area contributed by atoms with Crippen molar-refractivity contribution < 1.29 is 9.53 Å². The monoisotopic (exact) mass is 271 g/mol. The van der Waals surface area contributed by atoms with Crippen LogP contribution in [0.1, 0.15) is 42.7 Å². The number of carbonyl (C=O) groups excluding carboxylic acids is 1. The van der Waals surface area contributed by atoms with Gasteiger partial charge in [-0.25, -0.2) is 4.79 Å². The van der Waals surface area contributed by atoms with Gasteiger partial charge in [0.1, 0.15) is 0 Å². The fourth-order valence-corrected chi connectivity index (χ4v) is 1.62. The number of aromatic nitrogens is 1. The first-order chi connectivity index (χ1) is 7.06. The van der Waals surface area contributed by atoms with E-state index < -0.39 is 0 Å². The summed E-state index contributed by atoms with van der Waals surface area (Å²) in [6.45, 7) is 6.26. The van der Waals surface area contributed by atoms with Crippen LogP contribution >= 0.6 is 15.9 Å². The molecule has 82 valence electrons. The van der Waals surface area contributed by atoms with Crippen LogP contribution in [0.2, 0.25) is 0 Å². The van der Waals surface area contributed by atoms with Crippen molar-refractivity contribution in [1.82, 2.24) is 4.98 Å². The third kappa shape index (κ3) is 3.02. The first-order valence-electron chi connectivity index (χ1n) is 4.88. The van der Waals surface area contributed by atoms with Gasteiger partial charge in [-0.15, -0.1) is 0 Å². The van der Waals surface area contributed by atoms with E-state index in [0.717, 1.165) is 10.2 Å². The fraction of sp³-hybridized carbons (Fsp3) is 0.455. The SMILES string of the molecule is CCOC(=O)c1cnc(C(C)C)cc1Br. The molecule has 0 aliphatic carbocycles. The Labute approximate surface area is 98.0 Å². The summed E-state index contributed by atoms with van der Waals surface area (Å²) < 4.78 is 5.64. The van der Waals surface area contributed by atoms with E-state index in [1.165, 1.54) is 0 Å². The standard InChI is InChI=1S/C11H14BrNO2/c1-4-15-11(14)8-6-13-10(7(2)3)5-9(8)12/h5-7H,4H2,1-3H3. The second kappa shape index (κ2) is 5.26. The molecule has 0 spiro atoms. The lowest BCUT2D eigenvalue weighted by Gasteiger charge is -2.07. The fourth-order valence-electron chi connectivity index (χ4n) is 1.12. The first-order valence-corrected chi connectivity index (χ1v) is 5.68. The molecule has 0 amide bonds. The normalized spacial score (nSPS) is 10.5. The van der Waals surface area contributed by atoms with Gasteiger partial charge in [-0.2, -0.15) is 0 Å². The van der Waals surface area contributed by atoms with Crippen molar-refractivity contribution in [3.63, 3.8) is 0 Å². The molecule has 3 nitrogen and oxygen atoms in total. The molecule has 0 aromatic carbocycles. The lowest BCUT2D eigenvalue weighted by atomic mass is 10.1. The van der Waals surface area contributed by atoms with Crippen LogP contribution in [0, 0.1) is 0 Å². The van der Waals surface area contributed by atoms with E-state index in [-0.39, 0.29) is 5.97 Å². The highest BCUT2D eigenvalue weighted by Crippen LogP contribution is 2.21. The Bertz CT molecular complexity index is 364. The molecule has 0 saturated carbocycles. The minimum Gasteiger partial charge on any atom is -0.462 e. The van der Waals surface area contributed by atoms with Crippen molar-refractivity contribution in [3.05, 3.63) is 28.0 Å². The number of hydrogen-bond donors (Lipinski definition) is 0. The van der Waals surface area contributed by atoms with E-state index in [0.29, 0.717) is 18.1 Å². The van der Waals surface area contributed by atoms with E-state index >= 15 is 0 Å². The summed E-state index contributed by atoms with van der Waals surface area (Å²) in [6, 6.07) is 1.86. The largest absolute Gasteiger partial charge is 0.462 e. The zero-order valence-corrected chi connectivity index (χ0v) is 10.7. The van der Waals surface area contributed by atoms with Gasteiger partial charge in [-0.05, 0) is 34.8 Å². The van der Waals surface area contributed by atoms with Gasteiger partial charge in [0, 0.05) is 16.4 Å². The first kappa shape index (κ1) is 12.2. The molecule has 1 rings (SSSR count). The molecule has 0 N–H and O–H groups in total. The van der Waals surface area contributed by atoms with Crippen molar-refractivity contribution >= 4 is 21.9 Å². The summed E-state index contributed by atoms with van der Waals surface area (Å²) >= 11 is 3.35. The number of pyridine rings is 1. The van der Waals surface area contributed by atoms with Crippen LogP contribution in [-0.2, 0) is 4.74 Å². The Morgan fingerprint density at radius 1 is 1.60 bits per heavy atom. The molecule has 0 aliphatic heterocycles. The van der Waals surface area contributed by atoms with Crippen LogP contribution in [0.15, 0.2) is 16.7 Å². The minimum atomic E-state index is -0.341. The topological polar surface area (TPSA) is 39.2 Å². The number of hydrogen-bond acceptors (Lipinski definition) is 3. The molecule has 0 fully saturated rings. The van der Waals surface area contributed by atoms with Gasteiger partial charge in [0.05, 0.1) is 12.2 Å². The summed E-state index contributed by atoms with van der Waals surface area (Å²) in [5.74, 6) is 0.00438. The van der Waals surface area contributed by atoms with Crippen LogP contribution in [0.3, 0.4) is 0 Å². The number of nitrogens with zero attached hydrogens (tertiary/aromatic N) is 1. The molecule has 1 heterocycles. The van der Waals surface area contributed by atoms with Crippen molar-refractivity contribution in [2.75, 3.05) is 6.61 Å². The Balaban J connectivity index is 2.98.